The molecular weight excluding hydrogens is 184 g/mol. The van der Waals surface area contributed by atoms with Crippen molar-refractivity contribution in [2.45, 2.75) is 32.9 Å². The number of carbonyl (C=O) groups excluding carboxylic acids is 1. The van der Waals surface area contributed by atoms with Crippen LogP contribution in [0.4, 0.5) is 4.79 Å². The standard InChI is InChI=1S/C8H14N4O2/c1-8(2,3)6(11-12-9)5-4-14-7(13)10-5/h5-6H,4H2,1-3H3,(H,10,13)/t5-,6-/m1/s1. The summed E-state index contributed by atoms with van der Waals surface area (Å²) in [6.07, 6.45) is -0.447. The van der Waals surface area contributed by atoms with E-state index in [9.17, 15) is 4.79 Å². The van der Waals surface area contributed by atoms with E-state index in [1.54, 1.807) is 0 Å². The third-order valence-electron chi connectivity index (χ3n) is 2.14. The van der Waals surface area contributed by atoms with Gasteiger partial charge in [-0.1, -0.05) is 25.9 Å². The molecular formula is C8H14N4O2. The average molecular weight is 198 g/mol. The SMILES string of the molecule is CC(C)(C)[C@H](N=[N+]=[N-])[C@H]1COC(=O)N1. The molecule has 1 rings (SSSR count). The van der Waals surface area contributed by atoms with Gasteiger partial charge in [0, 0.05) is 4.91 Å². The Morgan fingerprint density at radius 1 is 1.71 bits per heavy atom. The molecule has 1 fully saturated rings. The Bertz CT molecular complexity index is 278. The number of cyclic esters (lactones) is 1. The van der Waals surface area contributed by atoms with Gasteiger partial charge in [-0.25, -0.2) is 4.79 Å². The Hall–Kier alpha value is -1.42. The number of alkyl carbamates (subject to hydrolysis) is 1. The molecule has 0 saturated carbocycles. The van der Waals surface area contributed by atoms with Gasteiger partial charge in [0.2, 0.25) is 0 Å². The van der Waals surface area contributed by atoms with Crippen LogP contribution in [0.5, 0.6) is 0 Å². The van der Waals surface area contributed by atoms with E-state index in [4.69, 9.17) is 10.3 Å². The first kappa shape index (κ1) is 10.7. The molecule has 14 heavy (non-hydrogen) atoms. The van der Waals surface area contributed by atoms with Crippen LogP contribution in [-0.2, 0) is 4.74 Å². The molecule has 0 unspecified atom stereocenters. The number of carbonyl (C=O) groups is 1. The predicted molar refractivity (Wildman–Crippen MR) is 50.7 cm³/mol. The molecule has 0 aromatic rings. The second kappa shape index (κ2) is 3.75. The van der Waals surface area contributed by atoms with Crippen molar-refractivity contribution < 1.29 is 9.53 Å². The van der Waals surface area contributed by atoms with Crippen molar-refractivity contribution in [1.82, 2.24) is 5.32 Å². The summed E-state index contributed by atoms with van der Waals surface area (Å²) in [7, 11) is 0. The topological polar surface area (TPSA) is 87.1 Å². The molecule has 0 bridgehead atoms. The number of azide groups is 1. The maximum Gasteiger partial charge on any atom is 0.407 e. The molecule has 1 saturated heterocycles. The highest BCUT2D eigenvalue weighted by Crippen LogP contribution is 2.26. The summed E-state index contributed by atoms with van der Waals surface area (Å²) in [5, 5.41) is 6.32. The van der Waals surface area contributed by atoms with Gasteiger partial charge in [-0.05, 0) is 10.9 Å². The predicted octanol–water partition coefficient (Wildman–Crippen LogP) is 1.82. The number of hydrogen-bond donors (Lipinski definition) is 1. The molecule has 0 aromatic heterocycles. The molecule has 0 radical (unpaired) electrons. The van der Waals surface area contributed by atoms with Crippen molar-refractivity contribution in [1.29, 1.82) is 0 Å². The summed E-state index contributed by atoms with van der Waals surface area (Å²) in [5.41, 5.74) is 8.23. The van der Waals surface area contributed by atoms with Crippen LogP contribution in [0.3, 0.4) is 0 Å². The lowest BCUT2D eigenvalue weighted by molar-refractivity contribution is 0.173. The van der Waals surface area contributed by atoms with Gasteiger partial charge in [0.05, 0.1) is 12.1 Å². The van der Waals surface area contributed by atoms with Crippen LogP contribution >= 0.6 is 0 Å². The smallest absolute Gasteiger partial charge is 0.407 e. The van der Waals surface area contributed by atoms with Gasteiger partial charge < -0.3 is 10.1 Å². The van der Waals surface area contributed by atoms with Crippen molar-refractivity contribution >= 4 is 6.09 Å². The Kier molecular flexibility index (Phi) is 2.86. The molecule has 1 amide bonds. The molecule has 1 N–H and O–H groups in total. The maximum absolute atomic E-state index is 10.8. The summed E-state index contributed by atoms with van der Waals surface area (Å²) < 4.78 is 4.75. The average Bonchev–Trinajstić information content (AvgIpc) is 2.45. The van der Waals surface area contributed by atoms with Gasteiger partial charge in [0.25, 0.3) is 0 Å². The zero-order valence-electron chi connectivity index (χ0n) is 8.52. The fourth-order valence-corrected chi connectivity index (χ4v) is 1.48. The normalized spacial score (nSPS) is 23.4. The van der Waals surface area contributed by atoms with Crippen LogP contribution in [0.2, 0.25) is 0 Å². The van der Waals surface area contributed by atoms with E-state index in [1.165, 1.54) is 0 Å². The minimum atomic E-state index is -0.447. The van der Waals surface area contributed by atoms with E-state index in [0.717, 1.165) is 0 Å². The molecule has 1 heterocycles. The number of nitrogens with one attached hydrogen (secondary N) is 1. The quantitative estimate of drug-likeness (QED) is 0.416. The number of nitrogens with zero attached hydrogens (tertiary/aromatic N) is 3. The maximum atomic E-state index is 10.8. The zero-order chi connectivity index (χ0) is 10.8. The molecule has 0 aromatic carbocycles. The van der Waals surface area contributed by atoms with E-state index in [1.807, 2.05) is 20.8 Å². The van der Waals surface area contributed by atoms with Crippen molar-refractivity contribution in [3.8, 4) is 0 Å². The highest BCUT2D eigenvalue weighted by atomic mass is 16.6. The molecule has 1 aliphatic heterocycles. The van der Waals surface area contributed by atoms with Gasteiger partial charge in [-0.15, -0.1) is 0 Å². The number of hydrogen-bond acceptors (Lipinski definition) is 3. The fourth-order valence-electron chi connectivity index (χ4n) is 1.48. The van der Waals surface area contributed by atoms with Gasteiger partial charge in [-0.3, -0.25) is 0 Å². The third-order valence-corrected chi connectivity index (χ3v) is 2.14. The lowest BCUT2D eigenvalue weighted by Crippen LogP contribution is -2.44. The van der Waals surface area contributed by atoms with Crippen molar-refractivity contribution in [3.05, 3.63) is 10.4 Å². The van der Waals surface area contributed by atoms with Gasteiger partial charge in [0.1, 0.15) is 6.61 Å². The zero-order valence-corrected chi connectivity index (χ0v) is 8.52. The monoisotopic (exact) mass is 198 g/mol. The van der Waals surface area contributed by atoms with Gasteiger partial charge in [-0.2, -0.15) is 0 Å². The summed E-state index contributed by atoms with van der Waals surface area (Å²) in [4.78, 5) is 13.6. The van der Waals surface area contributed by atoms with Crippen LogP contribution in [0, 0.1) is 5.41 Å². The number of amides is 1. The lowest BCUT2D eigenvalue weighted by atomic mass is 9.83. The Morgan fingerprint density at radius 3 is 2.71 bits per heavy atom. The van der Waals surface area contributed by atoms with Crippen LogP contribution in [-0.4, -0.2) is 24.8 Å². The second-order valence-corrected chi connectivity index (χ2v) is 4.37. The minimum absolute atomic E-state index is 0.197. The van der Waals surface area contributed by atoms with Crippen molar-refractivity contribution in [2.24, 2.45) is 10.5 Å². The van der Waals surface area contributed by atoms with Crippen LogP contribution in [0.15, 0.2) is 5.11 Å². The Morgan fingerprint density at radius 2 is 2.36 bits per heavy atom. The largest absolute Gasteiger partial charge is 0.447 e. The fraction of sp³-hybridized carbons (Fsp3) is 0.875. The number of ether oxygens (including phenoxy) is 1. The minimum Gasteiger partial charge on any atom is -0.447 e. The van der Waals surface area contributed by atoms with Gasteiger partial charge >= 0.3 is 6.09 Å². The molecule has 0 aliphatic carbocycles. The Balaban J connectivity index is 2.78. The van der Waals surface area contributed by atoms with E-state index < -0.39 is 6.09 Å². The van der Waals surface area contributed by atoms with Crippen molar-refractivity contribution in [3.63, 3.8) is 0 Å². The first-order valence-corrected chi connectivity index (χ1v) is 4.42. The van der Waals surface area contributed by atoms with Crippen LogP contribution in [0.1, 0.15) is 20.8 Å². The first-order chi connectivity index (χ1) is 6.45. The molecule has 0 spiro atoms. The summed E-state index contributed by atoms with van der Waals surface area (Å²) in [6, 6.07) is -0.516. The van der Waals surface area contributed by atoms with E-state index in [0.29, 0.717) is 0 Å². The highest BCUT2D eigenvalue weighted by Gasteiger charge is 2.36. The second-order valence-electron chi connectivity index (χ2n) is 4.37. The van der Waals surface area contributed by atoms with E-state index >= 15 is 0 Å². The van der Waals surface area contributed by atoms with Gasteiger partial charge in [0.15, 0.2) is 0 Å². The third kappa shape index (κ3) is 2.29. The van der Waals surface area contributed by atoms with E-state index in [2.05, 4.69) is 15.3 Å². The summed E-state index contributed by atoms with van der Waals surface area (Å²) in [6.45, 7) is 6.13. The van der Waals surface area contributed by atoms with Crippen LogP contribution in [0.25, 0.3) is 10.4 Å². The summed E-state index contributed by atoms with van der Waals surface area (Å²) in [5.74, 6) is 0. The molecule has 2 atom stereocenters. The molecule has 6 nitrogen and oxygen atoms in total. The molecule has 6 heteroatoms. The number of rotatable bonds is 2. The molecule has 78 valence electrons. The van der Waals surface area contributed by atoms with Crippen molar-refractivity contribution in [2.75, 3.05) is 6.61 Å². The first-order valence-electron chi connectivity index (χ1n) is 4.42. The van der Waals surface area contributed by atoms with E-state index in [-0.39, 0.29) is 24.1 Å². The highest BCUT2D eigenvalue weighted by molar-refractivity contribution is 5.69. The summed E-state index contributed by atoms with van der Waals surface area (Å²) >= 11 is 0. The Labute approximate surface area is 82.2 Å². The molecule has 1 aliphatic rings. The lowest BCUT2D eigenvalue weighted by Gasteiger charge is -2.29. The van der Waals surface area contributed by atoms with Crippen LogP contribution < -0.4 is 5.32 Å².